The lowest BCUT2D eigenvalue weighted by atomic mass is 10.0. The van der Waals surface area contributed by atoms with Crippen LogP contribution >= 0.6 is 15.9 Å². The van der Waals surface area contributed by atoms with Gasteiger partial charge in [0.2, 0.25) is 0 Å². The minimum absolute atomic E-state index is 0.417. The normalized spacial score (nSPS) is 13.5. The number of aromatic nitrogens is 2. The smallest absolute Gasteiger partial charge is 0.0738 e. The quantitative estimate of drug-likeness (QED) is 0.914. The van der Waals surface area contributed by atoms with E-state index in [-0.39, 0.29) is 0 Å². The van der Waals surface area contributed by atoms with E-state index in [1.807, 2.05) is 14.0 Å². The summed E-state index contributed by atoms with van der Waals surface area (Å²) in [5.41, 5.74) is 2.27. The van der Waals surface area contributed by atoms with Crippen LogP contribution in [0.5, 0.6) is 0 Å². The molecule has 1 heterocycles. The van der Waals surface area contributed by atoms with Gasteiger partial charge >= 0.3 is 0 Å². The third-order valence-electron chi connectivity index (χ3n) is 2.73. The Morgan fingerprint density at radius 2 is 2.00 bits per heavy atom. The molecule has 1 unspecified atom stereocenters. The summed E-state index contributed by atoms with van der Waals surface area (Å²) < 4.78 is 3.25. The van der Waals surface area contributed by atoms with Crippen molar-refractivity contribution in [1.82, 2.24) is 15.1 Å². The van der Waals surface area contributed by atoms with Crippen LogP contribution in [0.3, 0.4) is 0 Å². The van der Waals surface area contributed by atoms with E-state index >= 15 is 0 Å². The molecule has 0 aromatic carbocycles. The van der Waals surface area contributed by atoms with Gasteiger partial charge in [-0.2, -0.15) is 5.10 Å². The van der Waals surface area contributed by atoms with Crippen LogP contribution in [-0.2, 0) is 0 Å². The minimum atomic E-state index is 0.417. The molecule has 0 bridgehead atoms. The van der Waals surface area contributed by atoms with E-state index in [2.05, 4.69) is 51.8 Å². The number of aryl methyl sites for hydroxylation is 1. The first-order valence-electron chi connectivity index (χ1n) is 5.34. The van der Waals surface area contributed by atoms with Crippen molar-refractivity contribution in [3.05, 3.63) is 15.9 Å². The maximum atomic E-state index is 4.58. The summed E-state index contributed by atoms with van der Waals surface area (Å²) in [5, 5.41) is 7.81. The Morgan fingerprint density at radius 3 is 2.33 bits per heavy atom. The number of hydrogen-bond acceptors (Lipinski definition) is 2. The zero-order chi connectivity index (χ0) is 11.6. The molecular formula is C11H20BrN3. The van der Waals surface area contributed by atoms with Gasteiger partial charge in [0.1, 0.15) is 0 Å². The molecule has 0 saturated carbocycles. The summed E-state index contributed by atoms with van der Waals surface area (Å²) in [7, 11) is 1.98. The first-order chi connectivity index (χ1) is 6.99. The summed E-state index contributed by atoms with van der Waals surface area (Å²) in [6.45, 7) is 9.55. The molecular weight excluding hydrogens is 254 g/mol. The van der Waals surface area contributed by atoms with E-state index < -0.39 is 0 Å². The van der Waals surface area contributed by atoms with Crippen LogP contribution in [0.2, 0.25) is 0 Å². The number of nitrogens with one attached hydrogen (secondary N) is 1. The first kappa shape index (κ1) is 12.7. The van der Waals surface area contributed by atoms with Crippen molar-refractivity contribution in [2.75, 3.05) is 13.6 Å². The molecule has 1 aromatic rings. The molecule has 0 amide bonds. The Balaban J connectivity index is 3.05. The highest BCUT2D eigenvalue weighted by molar-refractivity contribution is 9.10. The molecule has 15 heavy (non-hydrogen) atoms. The third-order valence-corrected chi connectivity index (χ3v) is 3.88. The van der Waals surface area contributed by atoms with Gasteiger partial charge in [0.25, 0.3) is 0 Å². The average Bonchev–Trinajstić information content (AvgIpc) is 2.42. The van der Waals surface area contributed by atoms with Crippen molar-refractivity contribution in [1.29, 1.82) is 0 Å². The fourth-order valence-electron chi connectivity index (χ4n) is 1.78. The molecule has 1 aromatic heterocycles. The van der Waals surface area contributed by atoms with Crippen molar-refractivity contribution < 1.29 is 0 Å². The molecule has 0 spiro atoms. The van der Waals surface area contributed by atoms with Crippen molar-refractivity contribution in [2.45, 2.75) is 33.7 Å². The summed E-state index contributed by atoms with van der Waals surface area (Å²) in [6.07, 6.45) is 0. The standard InChI is InChI=1S/C11H20BrN3/c1-7(2)10(6-13-5)15-9(4)11(12)8(3)14-15/h7,10,13H,6H2,1-5H3. The fraction of sp³-hybridized carbons (Fsp3) is 0.727. The molecule has 86 valence electrons. The lowest BCUT2D eigenvalue weighted by Crippen LogP contribution is -2.28. The maximum Gasteiger partial charge on any atom is 0.0738 e. The van der Waals surface area contributed by atoms with Gasteiger partial charge < -0.3 is 5.32 Å². The SMILES string of the molecule is CNCC(C(C)C)n1nc(C)c(Br)c1C. The van der Waals surface area contributed by atoms with Crippen molar-refractivity contribution in [2.24, 2.45) is 5.92 Å². The van der Waals surface area contributed by atoms with Crippen LogP contribution < -0.4 is 5.32 Å². The van der Waals surface area contributed by atoms with Crippen LogP contribution in [0.4, 0.5) is 0 Å². The highest BCUT2D eigenvalue weighted by Crippen LogP contribution is 2.25. The second-order valence-corrected chi connectivity index (χ2v) is 5.09. The Labute approximate surface area is 100 Å². The summed E-state index contributed by atoms with van der Waals surface area (Å²) in [6, 6.07) is 0.417. The molecule has 1 atom stereocenters. The van der Waals surface area contributed by atoms with Gasteiger partial charge in [-0.05, 0) is 42.7 Å². The zero-order valence-corrected chi connectivity index (χ0v) is 11.7. The average molecular weight is 274 g/mol. The van der Waals surface area contributed by atoms with E-state index in [0.29, 0.717) is 12.0 Å². The predicted molar refractivity (Wildman–Crippen MR) is 67.2 cm³/mol. The van der Waals surface area contributed by atoms with E-state index in [9.17, 15) is 0 Å². The Hall–Kier alpha value is -0.350. The Morgan fingerprint density at radius 1 is 1.40 bits per heavy atom. The summed E-state index contributed by atoms with van der Waals surface area (Å²) in [4.78, 5) is 0. The van der Waals surface area contributed by atoms with E-state index in [4.69, 9.17) is 0 Å². The number of hydrogen-bond donors (Lipinski definition) is 1. The fourth-order valence-corrected chi connectivity index (χ4v) is 2.04. The number of rotatable bonds is 4. The van der Waals surface area contributed by atoms with Gasteiger partial charge in [-0.15, -0.1) is 0 Å². The van der Waals surface area contributed by atoms with Gasteiger partial charge in [0.15, 0.2) is 0 Å². The molecule has 0 saturated heterocycles. The molecule has 0 aliphatic carbocycles. The van der Waals surface area contributed by atoms with Gasteiger partial charge in [-0.3, -0.25) is 4.68 Å². The first-order valence-corrected chi connectivity index (χ1v) is 6.14. The number of likely N-dealkylation sites (N-methyl/N-ethyl adjacent to an activating group) is 1. The largest absolute Gasteiger partial charge is 0.318 e. The van der Waals surface area contributed by atoms with E-state index in [0.717, 1.165) is 16.7 Å². The lowest BCUT2D eigenvalue weighted by molar-refractivity contribution is 0.331. The number of halogens is 1. The highest BCUT2D eigenvalue weighted by atomic mass is 79.9. The molecule has 1 N–H and O–H groups in total. The Kier molecular flexibility index (Phi) is 4.34. The third kappa shape index (κ3) is 2.61. The molecule has 0 aliphatic rings. The van der Waals surface area contributed by atoms with Crippen LogP contribution in [-0.4, -0.2) is 23.4 Å². The predicted octanol–water partition coefficient (Wildman–Crippen LogP) is 2.68. The highest BCUT2D eigenvalue weighted by Gasteiger charge is 2.19. The molecule has 1 rings (SSSR count). The second-order valence-electron chi connectivity index (χ2n) is 4.30. The van der Waals surface area contributed by atoms with Gasteiger partial charge in [0.05, 0.1) is 21.9 Å². The summed E-state index contributed by atoms with van der Waals surface area (Å²) >= 11 is 3.56. The van der Waals surface area contributed by atoms with Gasteiger partial charge in [0, 0.05) is 6.54 Å². The summed E-state index contributed by atoms with van der Waals surface area (Å²) in [5.74, 6) is 0.572. The molecule has 0 fully saturated rings. The van der Waals surface area contributed by atoms with E-state index in [1.54, 1.807) is 0 Å². The topological polar surface area (TPSA) is 29.9 Å². The molecule has 0 aliphatic heterocycles. The van der Waals surface area contributed by atoms with Crippen molar-refractivity contribution >= 4 is 15.9 Å². The molecule has 3 nitrogen and oxygen atoms in total. The maximum absolute atomic E-state index is 4.58. The molecule has 0 radical (unpaired) electrons. The second kappa shape index (κ2) is 5.12. The van der Waals surface area contributed by atoms with E-state index in [1.165, 1.54) is 5.69 Å². The van der Waals surface area contributed by atoms with Crippen molar-refractivity contribution in [3.63, 3.8) is 0 Å². The monoisotopic (exact) mass is 273 g/mol. The van der Waals surface area contributed by atoms with Crippen LogP contribution in [0.25, 0.3) is 0 Å². The van der Waals surface area contributed by atoms with Crippen LogP contribution in [0.1, 0.15) is 31.3 Å². The minimum Gasteiger partial charge on any atom is -0.318 e. The Bertz CT molecular complexity index is 331. The van der Waals surface area contributed by atoms with Crippen LogP contribution in [0.15, 0.2) is 4.47 Å². The molecule has 4 heteroatoms. The lowest BCUT2D eigenvalue weighted by Gasteiger charge is -2.22. The number of nitrogens with zero attached hydrogens (tertiary/aromatic N) is 2. The van der Waals surface area contributed by atoms with Gasteiger partial charge in [-0.1, -0.05) is 13.8 Å². The van der Waals surface area contributed by atoms with Crippen molar-refractivity contribution in [3.8, 4) is 0 Å². The zero-order valence-electron chi connectivity index (χ0n) is 10.1. The van der Waals surface area contributed by atoms with Gasteiger partial charge in [-0.25, -0.2) is 0 Å². The van der Waals surface area contributed by atoms with Crippen LogP contribution in [0, 0.1) is 19.8 Å².